The Morgan fingerprint density at radius 3 is 2.21 bits per heavy atom. The smallest absolute Gasteiger partial charge is 0.281 e. The highest BCUT2D eigenvalue weighted by molar-refractivity contribution is 7.80. The third-order valence-electron chi connectivity index (χ3n) is 4.33. The Kier molecular flexibility index (Phi) is 5.17. The molecule has 3 aromatic carbocycles. The molecule has 0 atom stereocenters. The van der Waals surface area contributed by atoms with Crippen molar-refractivity contribution in [3.8, 4) is 5.75 Å². The first-order valence-electron chi connectivity index (χ1n) is 8.90. The van der Waals surface area contributed by atoms with Crippen LogP contribution in [0.25, 0.3) is 6.08 Å². The van der Waals surface area contributed by atoms with E-state index in [0.717, 1.165) is 22.6 Å². The Morgan fingerprint density at radius 2 is 1.54 bits per heavy atom. The van der Waals surface area contributed by atoms with Crippen LogP contribution in [-0.2, 0) is 11.4 Å². The van der Waals surface area contributed by atoms with Gasteiger partial charge in [0.05, 0.1) is 5.69 Å². The molecule has 0 saturated carbocycles. The van der Waals surface area contributed by atoms with Gasteiger partial charge in [-0.05, 0) is 53.7 Å². The molecule has 28 heavy (non-hydrogen) atoms. The molecule has 1 N–H and O–H groups in total. The molecule has 1 fully saturated rings. The number of ether oxygens (including phenoxy) is 1. The van der Waals surface area contributed by atoms with E-state index in [-0.39, 0.29) is 5.91 Å². The number of nitrogens with one attached hydrogen (secondary N) is 1. The van der Waals surface area contributed by atoms with E-state index in [9.17, 15) is 4.79 Å². The van der Waals surface area contributed by atoms with Crippen molar-refractivity contribution in [1.82, 2.24) is 5.32 Å². The van der Waals surface area contributed by atoms with Crippen LogP contribution in [-0.4, -0.2) is 11.0 Å². The number of rotatable bonds is 5. The van der Waals surface area contributed by atoms with Crippen molar-refractivity contribution in [3.63, 3.8) is 0 Å². The van der Waals surface area contributed by atoms with Gasteiger partial charge >= 0.3 is 0 Å². The molecular formula is C23H18N2O2S. The summed E-state index contributed by atoms with van der Waals surface area (Å²) < 4.78 is 5.80. The highest BCUT2D eigenvalue weighted by atomic mass is 32.1. The van der Waals surface area contributed by atoms with Crippen LogP contribution in [0.4, 0.5) is 5.69 Å². The zero-order valence-corrected chi connectivity index (χ0v) is 15.9. The molecular weight excluding hydrogens is 368 g/mol. The second-order valence-corrected chi connectivity index (χ2v) is 6.69. The van der Waals surface area contributed by atoms with Gasteiger partial charge < -0.3 is 10.1 Å². The number of benzene rings is 3. The summed E-state index contributed by atoms with van der Waals surface area (Å²) in [6, 6.07) is 27.0. The van der Waals surface area contributed by atoms with Gasteiger partial charge in [0.25, 0.3) is 5.91 Å². The quantitative estimate of drug-likeness (QED) is 0.517. The van der Waals surface area contributed by atoms with E-state index in [1.807, 2.05) is 84.9 Å². The zero-order valence-electron chi connectivity index (χ0n) is 15.0. The van der Waals surface area contributed by atoms with Gasteiger partial charge in [0.15, 0.2) is 5.11 Å². The fourth-order valence-electron chi connectivity index (χ4n) is 2.91. The van der Waals surface area contributed by atoms with Crippen molar-refractivity contribution in [1.29, 1.82) is 0 Å². The number of hydrogen-bond donors (Lipinski definition) is 1. The number of hydrogen-bond acceptors (Lipinski definition) is 3. The Labute approximate surface area is 169 Å². The maximum atomic E-state index is 12.7. The van der Waals surface area contributed by atoms with Gasteiger partial charge in [0.2, 0.25) is 0 Å². The summed E-state index contributed by atoms with van der Waals surface area (Å²) in [5.74, 6) is 0.610. The van der Waals surface area contributed by atoms with Gasteiger partial charge in [-0.15, -0.1) is 0 Å². The molecule has 138 valence electrons. The first-order chi connectivity index (χ1) is 13.7. The van der Waals surface area contributed by atoms with Crippen LogP contribution in [0.2, 0.25) is 0 Å². The average Bonchev–Trinajstić information content (AvgIpc) is 3.02. The summed E-state index contributed by atoms with van der Waals surface area (Å²) in [7, 11) is 0. The van der Waals surface area contributed by atoms with E-state index in [1.54, 1.807) is 6.08 Å². The number of carbonyl (C=O) groups is 1. The lowest BCUT2D eigenvalue weighted by atomic mass is 10.2. The molecule has 0 spiro atoms. The molecule has 4 rings (SSSR count). The summed E-state index contributed by atoms with van der Waals surface area (Å²) >= 11 is 5.33. The lowest BCUT2D eigenvalue weighted by Crippen LogP contribution is -2.30. The first kappa shape index (κ1) is 17.9. The summed E-state index contributed by atoms with van der Waals surface area (Å²) in [4.78, 5) is 14.2. The van der Waals surface area contributed by atoms with Crippen LogP contribution in [0.3, 0.4) is 0 Å². The third kappa shape index (κ3) is 3.94. The Bertz CT molecular complexity index is 1020. The van der Waals surface area contributed by atoms with Gasteiger partial charge in [-0.2, -0.15) is 0 Å². The zero-order chi connectivity index (χ0) is 19.3. The van der Waals surface area contributed by atoms with Crippen molar-refractivity contribution >= 4 is 35.0 Å². The van der Waals surface area contributed by atoms with Gasteiger partial charge in [-0.25, -0.2) is 0 Å². The molecule has 3 aromatic rings. The van der Waals surface area contributed by atoms with Crippen LogP contribution in [0.15, 0.2) is 90.6 Å². The van der Waals surface area contributed by atoms with Crippen LogP contribution < -0.4 is 15.0 Å². The largest absolute Gasteiger partial charge is 0.489 e. The van der Waals surface area contributed by atoms with Crippen LogP contribution in [0.1, 0.15) is 11.1 Å². The van der Waals surface area contributed by atoms with Gasteiger partial charge in [-0.1, -0.05) is 60.7 Å². The molecule has 1 saturated heterocycles. The topological polar surface area (TPSA) is 41.6 Å². The van der Waals surface area contributed by atoms with Crippen molar-refractivity contribution in [2.24, 2.45) is 0 Å². The second-order valence-electron chi connectivity index (χ2n) is 6.31. The van der Waals surface area contributed by atoms with Crippen molar-refractivity contribution in [2.75, 3.05) is 4.90 Å². The summed E-state index contributed by atoms with van der Waals surface area (Å²) in [6.07, 6.45) is 1.79. The highest BCUT2D eigenvalue weighted by Crippen LogP contribution is 2.23. The number of amides is 1. The number of nitrogens with zero attached hydrogens (tertiary/aromatic N) is 1. The van der Waals surface area contributed by atoms with Gasteiger partial charge in [0, 0.05) is 0 Å². The van der Waals surface area contributed by atoms with Gasteiger partial charge in [0.1, 0.15) is 18.1 Å². The minimum absolute atomic E-state index is 0.166. The fourth-order valence-corrected chi connectivity index (χ4v) is 3.21. The van der Waals surface area contributed by atoms with Crippen LogP contribution >= 0.6 is 12.2 Å². The molecule has 0 unspecified atom stereocenters. The molecule has 5 heteroatoms. The molecule has 1 aliphatic rings. The standard InChI is InChI=1S/C23H18N2O2S/c26-22-21(24-23(28)25(22)19-9-5-2-6-10-19)15-17-11-13-20(14-12-17)27-16-18-7-3-1-4-8-18/h1-15H,16H2,(H,24,28)/b21-15-. The first-order valence-corrected chi connectivity index (χ1v) is 9.30. The maximum absolute atomic E-state index is 12.7. The number of anilines is 1. The Balaban J connectivity index is 1.45. The maximum Gasteiger partial charge on any atom is 0.281 e. The summed E-state index contributed by atoms with van der Waals surface area (Å²) in [6.45, 7) is 0.515. The predicted octanol–water partition coefficient (Wildman–Crippen LogP) is 4.53. The molecule has 1 heterocycles. The summed E-state index contributed by atoms with van der Waals surface area (Å²) in [5, 5.41) is 3.38. The Morgan fingerprint density at radius 1 is 0.893 bits per heavy atom. The van der Waals surface area contributed by atoms with E-state index >= 15 is 0 Å². The van der Waals surface area contributed by atoms with Crippen LogP contribution in [0.5, 0.6) is 5.75 Å². The molecule has 1 amide bonds. The monoisotopic (exact) mass is 386 g/mol. The molecule has 0 bridgehead atoms. The van der Waals surface area contributed by atoms with E-state index in [4.69, 9.17) is 17.0 Å². The van der Waals surface area contributed by atoms with Crippen molar-refractivity contribution in [3.05, 3.63) is 102 Å². The van der Waals surface area contributed by atoms with E-state index in [0.29, 0.717) is 17.4 Å². The summed E-state index contributed by atoms with van der Waals surface area (Å²) in [5.41, 5.74) is 3.20. The van der Waals surface area contributed by atoms with Crippen molar-refractivity contribution in [2.45, 2.75) is 6.61 Å². The van der Waals surface area contributed by atoms with Crippen LogP contribution in [0, 0.1) is 0 Å². The molecule has 0 aromatic heterocycles. The molecule has 0 aliphatic carbocycles. The average molecular weight is 386 g/mol. The van der Waals surface area contributed by atoms with Crippen molar-refractivity contribution < 1.29 is 9.53 Å². The van der Waals surface area contributed by atoms with E-state index in [1.165, 1.54) is 4.90 Å². The minimum Gasteiger partial charge on any atom is -0.489 e. The Hall–Kier alpha value is -3.44. The lowest BCUT2D eigenvalue weighted by Gasteiger charge is -2.13. The molecule has 0 radical (unpaired) electrons. The normalized spacial score (nSPS) is 15.0. The van der Waals surface area contributed by atoms with Gasteiger partial charge in [-0.3, -0.25) is 9.69 Å². The minimum atomic E-state index is -0.166. The predicted molar refractivity (Wildman–Crippen MR) is 115 cm³/mol. The second kappa shape index (κ2) is 8.06. The highest BCUT2D eigenvalue weighted by Gasteiger charge is 2.31. The van der Waals surface area contributed by atoms with E-state index < -0.39 is 0 Å². The SMILES string of the molecule is O=C1/C(=C/c2ccc(OCc3ccccc3)cc2)NC(=S)N1c1ccccc1. The third-order valence-corrected chi connectivity index (χ3v) is 4.62. The lowest BCUT2D eigenvalue weighted by molar-refractivity contribution is -0.113. The number of carbonyl (C=O) groups excluding carboxylic acids is 1. The van der Waals surface area contributed by atoms with E-state index in [2.05, 4.69) is 5.32 Å². The number of para-hydroxylation sites is 1. The fraction of sp³-hybridized carbons (Fsp3) is 0.0435. The molecule has 1 aliphatic heterocycles. The number of thiocarbonyl (C=S) groups is 1. The molecule has 4 nitrogen and oxygen atoms in total.